The number of carboxylic acids is 1. The van der Waals surface area contributed by atoms with Crippen molar-refractivity contribution in [2.24, 2.45) is 0 Å². The first-order chi connectivity index (χ1) is 8.56. The molecule has 0 atom stereocenters. The van der Waals surface area contributed by atoms with E-state index >= 15 is 0 Å². The topological polar surface area (TPSA) is 72.3 Å². The molecule has 0 unspecified atom stereocenters. The molecular formula is C12H9ClN2O3. The van der Waals surface area contributed by atoms with Gasteiger partial charge >= 0.3 is 5.97 Å². The van der Waals surface area contributed by atoms with Gasteiger partial charge in [0.05, 0.1) is 6.20 Å². The lowest BCUT2D eigenvalue weighted by Crippen LogP contribution is -2.02. The molecule has 0 aromatic carbocycles. The van der Waals surface area contributed by atoms with E-state index in [-0.39, 0.29) is 16.6 Å². The number of ether oxygens (including phenoxy) is 1. The number of pyridine rings is 2. The maximum atomic E-state index is 11.0. The number of aryl methyl sites for hydroxylation is 1. The van der Waals surface area contributed by atoms with Crippen molar-refractivity contribution in [2.45, 2.75) is 6.92 Å². The molecule has 0 aliphatic carbocycles. The third-order valence-corrected chi connectivity index (χ3v) is 2.37. The molecule has 0 aliphatic rings. The van der Waals surface area contributed by atoms with Gasteiger partial charge in [-0.05, 0) is 31.2 Å². The molecule has 1 N–H and O–H groups in total. The molecule has 2 rings (SSSR count). The van der Waals surface area contributed by atoms with Gasteiger partial charge in [0.15, 0.2) is 0 Å². The number of hydrogen-bond donors (Lipinski definition) is 1. The highest BCUT2D eigenvalue weighted by molar-refractivity contribution is 6.29. The normalized spacial score (nSPS) is 10.1. The molecule has 2 heterocycles. The first-order valence-electron chi connectivity index (χ1n) is 5.06. The van der Waals surface area contributed by atoms with Crippen LogP contribution >= 0.6 is 11.6 Å². The minimum absolute atomic E-state index is 0.0550. The van der Waals surface area contributed by atoms with Crippen LogP contribution in [0, 0.1) is 6.92 Å². The van der Waals surface area contributed by atoms with Gasteiger partial charge < -0.3 is 9.84 Å². The molecule has 0 bridgehead atoms. The maximum absolute atomic E-state index is 11.0. The van der Waals surface area contributed by atoms with E-state index in [1.807, 2.05) is 6.92 Å². The van der Waals surface area contributed by atoms with Crippen LogP contribution in [0.5, 0.6) is 11.6 Å². The van der Waals surface area contributed by atoms with Crippen LogP contribution < -0.4 is 4.74 Å². The van der Waals surface area contributed by atoms with E-state index in [2.05, 4.69) is 9.97 Å². The highest BCUT2D eigenvalue weighted by Crippen LogP contribution is 2.24. The first kappa shape index (κ1) is 12.3. The van der Waals surface area contributed by atoms with Gasteiger partial charge in [0, 0.05) is 5.69 Å². The number of nitrogens with zero attached hydrogens (tertiary/aromatic N) is 2. The summed E-state index contributed by atoms with van der Waals surface area (Å²) in [4.78, 5) is 18.9. The Morgan fingerprint density at radius 1 is 1.33 bits per heavy atom. The van der Waals surface area contributed by atoms with E-state index in [9.17, 15) is 4.79 Å². The summed E-state index contributed by atoms with van der Waals surface area (Å²) in [6.45, 7) is 1.84. The van der Waals surface area contributed by atoms with Crippen LogP contribution in [-0.2, 0) is 0 Å². The predicted molar refractivity (Wildman–Crippen MR) is 65.3 cm³/mol. The Labute approximate surface area is 108 Å². The van der Waals surface area contributed by atoms with Gasteiger partial charge in [-0.3, -0.25) is 4.98 Å². The summed E-state index contributed by atoms with van der Waals surface area (Å²) in [5.41, 5.74) is 0.778. The Bertz CT molecular complexity index is 584. The molecule has 0 saturated carbocycles. The summed E-state index contributed by atoms with van der Waals surface area (Å²) in [6.07, 6.45) is 1.49. The lowest BCUT2D eigenvalue weighted by molar-refractivity contribution is 0.0693. The molecule has 0 amide bonds. The molecule has 2 aromatic rings. The van der Waals surface area contributed by atoms with Gasteiger partial charge in [-0.25, -0.2) is 9.78 Å². The molecular weight excluding hydrogens is 256 g/mol. The zero-order chi connectivity index (χ0) is 13.1. The quantitative estimate of drug-likeness (QED) is 0.863. The van der Waals surface area contributed by atoms with E-state index < -0.39 is 5.97 Å². The summed E-state index contributed by atoms with van der Waals surface area (Å²) in [5, 5.41) is 9.16. The number of carbonyl (C=O) groups is 1. The fourth-order valence-electron chi connectivity index (χ4n) is 1.28. The monoisotopic (exact) mass is 264 g/mol. The molecule has 92 valence electrons. The van der Waals surface area contributed by atoms with Crippen LogP contribution in [0.3, 0.4) is 0 Å². The second kappa shape index (κ2) is 5.01. The second-order valence-electron chi connectivity index (χ2n) is 3.53. The van der Waals surface area contributed by atoms with Crippen molar-refractivity contribution >= 4 is 17.6 Å². The van der Waals surface area contributed by atoms with Gasteiger partial charge in [0.2, 0.25) is 5.88 Å². The molecule has 0 aliphatic heterocycles. The summed E-state index contributed by atoms with van der Waals surface area (Å²) < 4.78 is 5.37. The van der Waals surface area contributed by atoms with Crippen LogP contribution in [0.25, 0.3) is 0 Å². The number of aromatic carboxylic acids is 1. The molecule has 2 aromatic heterocycles. The average Bonchev–Trinajstić information content (AvgIpc) is 2.32. The second-order valence-corrected chi connectivity index (χ2v) is 3.92. The summed E-state index contributed by atoms with van der Waals surface area (Å²) in [7, 11) is 0. The van der Waals surface area contributed by atoms with Crippen molar-refractivity contribution in [1.29, 1.82) is 0 Å². The Morgan fingerprint density at radius 2 is 2.11 bits per heavy atom. The molecule has 0 radical (unpaired) electrons. The van der Waals surface area contributed by atoms with E-state index in [1.54, 1.807) is 12.1 Å². The Morgan fingerprint density at radius 3 is 2.72 bits per heavy atom. The largest absolute Gasteiger partial charge is 0.477 e. The van der Waals surface area contributed by atoms with E-state index in [0.717, 1.165) is 5.69 Å². The maximum Gasteiger partial charge on any atom is 0.341 e. The molecule has 18 heavy (non-hydrogen) atoms. The smallest absolute Gasteiger partial charge is 0.341 e. The predicted octanol–water partition coefficient (Wildman–Crippen LogP) is 2.93. The van der Waals surface area contributed by atoms with Crippen molar-refractivity contribution in [3.8, 4) is 11.6 Å². The van der Waals surface area contributed by atoms with Gasteiger partial charge in [-0.15, -0.1) is 0 Å². The zero-order valence-electron chi connectivity index (χ0n) is 9.42. The number of halogens is 1. The van der Waals surface area contributed by atoms with Gasteiger partial charge in [-0.1, -0.05) is 11.6 Å². The number of hydrogen-bond acceptors (Lipinski definition) is 4. The first-order valence-corrected chi connectivity index (χ1v) is 5.44. The number of carboxylic acid groups (broad SMARTS) is 1. The number of rotatable bonds is 3. The highest BCUT2D eigenvalue weighted by Gasteiger charge is 2.14. The van der Waals surface area contributed by atoms with Gasteiger partial charge in [-0.2, -0.15) is 0 Å². The van der Waals surface area contributed by atoms with Crippen molar-refractivity contribution in [1.82, 2.24) is 9.97 Å². The molecule has 0 saturated heterocycles. The van der Waals surface area contributed by atoms with Crippen molar-refractivity contribution in [3.63, 3.8) is 0 Å². The zero-order valence-corrected chi connectivity index (χ0v) is 10.2. The minimum Gasteiger partial charge on any atom is -0.477 e. The van der Waals surface area contributed by atoms with Gasteiger partial charge in [0.25, 0.3) is 0 Å². The minimum atomic E-state index is -1.13. The van der Waals surface area contributed by atoms with Crippen LogP contribution in [0.4, 0.5) is 0 Å². The van der Waals surface area contributed by atoms with Crippen molar-refractivity contribution in [3.05, 3.63) is 46.9 Å². The number of aromatic nitrogens is 2. The van der Waals surface area contributed by atoms with Gasteiger partial charge in [0.1, 0.15) is 16.5 Å². The van der Waals surface area contributed by atoms with Crippen molar-refractivity contribution < 1.29 is 14.6 Å². The molecule has 0 spiro atoms. The lowest BCUT2D eigenvalue weighted by atomic mass is 10.3. The fraction of sp³-hybridized carbons (Fsp3) is 0.0833. The molecule has 6 heteroatoms. The summed E-state index contributed by atoms with van der Waals surface area (Å²) in [6, 6.07) is 6.16. The third kappa shape index (κ3) is 2.75. The molecule has 0 fully saturated rings. The van der Waals surface area contributed by atoms with Crippen LogP contribution in [0.2, 0.25) is 5.15 Å². The van der Waals surface area contributed by atoms with Crippen LogP contribution in [0.1, 0.15) is 16.1 Å². The van der Waals surface area contributed by atoms with Crippen molar-refractivity contribution in [2.75, 3.05) is 0 Å². The van der Waals surface area contributed by atoms with Crippen LogP contribution in [-0.4, -0.2) is 21.0 Å². The Balaban J connectivity index is 2.35. The average molecular weight is 265 g/mol. The van der Waals surface area contributed by atoms with E-state index in [0.29, 0.717) is 5.75 Å². The standard InChI is InChI=1S/C12H9ClN2O3/c1-7-2-3-8(6-14-7)18-11-9(12(16)17)4-5-10(13)15-11/h2-6H,1H3,(H,16,17). The Hall–Kier alpha value is -2.14. The fourth-order valence-corrected chi connectivity index (χ4v) is 1.42. The van der Waals surface area contributed by atoms with E-state index in [1.165, 1.54) is 18.3 Å². The highest BCUT2D eigenvalue weighted by atomic mass is 35.5. The summed E-state index contributed by atoms with van der Waals surface area (Å²) in [5.74, 6) is -0.784. The third-order valence-electron chi connectivity index (χ3n) is 2.16. The SMILES string of the molecule is Cc1ccc(Oc2nc(Cl)ccc2C(=O)O)cn1. The van der Waals surface area contributed by atoms with Crippen LogP contribution in [0.15, 0.2) is 30.5 Å². The summed E-state index contributed by atoms with van der Waals surface area (Å²) >= 11 is 5.71. The lowest BCUT2D eigenvalue weighted by Gasteiger charge is -2.07. The Kier molecular flexibility index (Phi) is 3.43. The molecule has 5 nitrogen and oxygen atoms in total. The van der Waals surface area contributed by atoms with E-state index in [4.69, 9.17) is 21.4 Å².